The molecule has 0 aromatic carbocycles. The number of nitrogens with one attached hydrogen (secondary N) is 1. The van der Waals surface area contributed by atoms with Crippen molar-refractivity contribution in [1.29, 1.82) is 0 Å². The van der Waals surface area contributed by atoms with Crippen LogP contribution < -0.4 is 5.32 Å². The molecule has 2 heteroatoms. The highest BCUT2D eigenvalue weighted by molar-refractivity contribution is 7.10. The molecule has 1 aromatic heterocycles. The fourth-order valence-electron chi connectivity index (χ4n) is 5.88. The van der Waals surface area contributed by atoms with E-state index in [9.17, 15) is 0 Å². The first-order valence-electron chi connectivity index (χ1n) is 8.44. The van der Waals surface area contributed by atoms with E-state index in [-0.39, 0.29) is 0 Å². The molecule has 0 spiro atoms. The first-order chi connectivity index (χ1) is 9.64. The monoisotopic (exact) mass is 289 g/mol. The van der Waals surface area contributed by atoms with Gasteiger partial charge in [0.1, 0.15) is 0 Å². The van der Waals surface area contributed by atoms with E-state index < -0.39 is 0 Å². The minimum atomic E-state index is 0.512. The normalized spacial score (nSPS) is 41.8. The Bertz CT molecular complexity index is 428. The fraction of sp³-hybridized carbons (Fsp3) is 0.778. The third kappa shape index (κ3) is 2.16. The van der Waals surface area contributed by atoms with Gasteiger partial charge in [-0.1, -0.05) is 6.07 Å². The smallest absolute Gasteiger partial charge is 0.0388 e. The van der Waals surface area contributed by atoms with E-state index in [2.05, 4.69) is 36.7 Å². The highest BCUT2D eigenvalue weighted by Gasteiger charge is 2.53. The van der Waals surface area contributed by atoms with Crippen LogP contribution in [0.1, 0.15) is 63.3 Å². The van der Waals surface area contributed by atoms with Gasteiger partial charge in [0.2, 0.25) is 0 Å². The SMILES string of the molecule is CC(NC(C)C12CC3CC(CC(C3)C1)C2)c1cccs1. The van der Waals surface area contributed by atoms with Crippen LogP contribution in [0.3, 0.4) is 0 Å². The minimum absolute atomic E-state index is 0.512. The summed E-state index contributed by atoms with van der Waals surface area (Å²) in [4.78, 5) is 1.49. The van der Waals surface area contributed by atoms with Crippen molar-refractivity contribution < 1.29 is 0 Å². The summed E-state index contributed by atoms with van der Waals surface area (Å²) in [5.74, 6) is 3.17. The maximum Gasteiger partial charge on any atom is 0.0388 e. The fourth-order valence-corrected chi connectivity index (χ4v) is 6.62. The van der Waals surface area contributed by atoms with E-state index in [1.807, 2.05) is 11.3 Å². The quantitative estimate of drug-likeness (QED) is 0.822. The van der Waals surface area contributed by atoms with E-state index in [4.69, 9.17) is 0 Å². The molecule has 4 aliphatic rings. The maximum absolute atomic E-state index is 3.95. The van der Waals surface area contributed by atoms with Crippen molar-refractivity contribution in [2.45, 2.75) is 64.5 Å². The molecule has 1 N–H and O–H groups in total. The second kappa shape index (κ2) is 4.84. The van der Waals surface area contributed by atoms with E-state index in [0.717, 1.165) is 17.8 Å². The average molecular weight is 289 g/mol. The Balaban J connectivity index is 1.49. The summed E-state index contributed by atoms with van der Waals surface area (Å²) in [6.07, 6.45) is 9.16. The van der Waals surface area contributed by atoms with Gasteiger partial charge in [0.05, 0.1) is 0 Å². The van der Waals surface area contributed by atoms with E-state index >= 15 is 0 Å². The molecule has 5 rings (SSSR count). The maximum atomic E-state index is 3.95. The van der Waals surface area contributed by atoms with Crippen molar-refractivity contribution in [2.75, 3.05) is 0 Å². The molecule has 2 unspecified atom stereocenters. The summed E-state index contributed by atoms with van der Waals surface area (Å²) in [6.45, 7) is 4.81. The predicted molar refractivity (Wildman–Crippen MR) is 85.9 cm³/mol. The number of thiophene rings is 1. The third-order valence-electron chi connectivity index (χ3n) is 6.47. The van der Waals surface area contributed by atoms with Crippen molar-refractivity contribution in [2.24, 2.45) is 23.2 Å². The van der Waals surface area contributed by atoms with Crippen LogP contribution in [0.4, 0.5) is 0 Å². The van der Waals surface area contributed by atoms with Gasteiger partial charge in [0.25, 0.3) is 0 Å². The third-order valence-corrected chi connectivity index (χ3v) is 7.53. The second-order valence-corrected chi connectivity index (χ2v) is 8.88. The van der Waals surface area contributed by atoms with Gasteiger partial charge in [0.15, 0.2) is 0 Å². The summed E-state index contributed by atoms with van der Waals surface area (Å²) in [7, 11) is 0. The van der Waals surface area contributed by atoms with Crippen LogP contribution >= 0.6 is 11.3 Å². The molecule has 110 valence electrons. The van der Waals surface area contributed by atoms with Gasteiger partial charge in [-0.05, 0) is 87.0 Å². The molecule has 1 heterocycles. The molecule has 1 nitrogen and oxygen atoms in total. The van der Waals surface area contributed by atoms with E-state index in [0.29, 0.717) is 17.5 Å². The molecule has 0 amide bonds. The zero-order chi connectivity index (χ0) is 13.7. The van der Waals surface area contributed by atoms with Crippen LogP contribution in [0.15, 0.2) is 17.5 Å². The number of rotatable bonds is 4. The Morgan fingerprint density at radius 2 is 1.70 bits per heavy atom. The molecule has 0 aliphatic heterocycles. The van der Waals surface area contributed by atoms with Crippen LogP contribution in [0.25, 0.3) is 0 Å². The molecule has 20 heavy (non-hydrogen) atoms. The number of hydrogen-bond donors (Lipinski definition) is 1. The number of hydrogen-bond acceptors (Lipinski definition) is 2. The molecule has 4 saturated carbocycles. The van der Waals surface area contributed by atoms with Crippen LogP contribution in [0, 0.1) is 23.2 Å². The lowest BCUT2D eigenvalue weighted by atomic mass is 9.48. The van der Waals surface area contributed by atoms with Gasteiger partial charge in [-0.3, -0.25) is 0 Å². The Labute approximate surface area is 127 Å². The zero-order valence-electron chi connectivity index (χ0n) is 12.8. The Morgan fingerprint density at radius 3 is 2.20 bits per heavy atom. The van der Waals surface area contributed by atoms with Crippen molar-refractivity contribution in [3.05, 3.63) is 22.4 Å². The van der Waals surface area contributed by atoms with Crippen LogP contribution in [0.2, 0.25) is 0 Å². The lowest BCUT2D eigenvalue weighted by Gasteiger charge is -2.59. The largest absolute Gasteiger partial charge is 0.306 e. The molecule has 4 bridgehead atoms. The molecule has 1 aromatic rings. The standard InChI is InChI=1S/C18H27NS/c1-12(17-4-3-5-20-17)19-13(2)18-9-14-6-15(10-18)8-16(7-14)11-18/h3-5,12-16,19H,6-11H2,1-2H3. The zero-order valence-corrected chi connectivity index (χ0v) is 13.6. The van der Waals surface area contributed by atoms with Crippen molar-refractivity contribution >= 4 is 11.3 Å². The minimum Gasteiger partial charge on any atom is -0.306 e. The predicted octanol–water partition coefficient (Wildman–Crippen LogP) is 5.00. The summed E-state index contributed by atoms with van der Waals surface area (Å²) in [5, 5.41) is 6.15. The summed E-state index contributed by atoms with van der Waals surface area (Å²) >= 11 is 1.89. The van der Waals surface area contributed by atoms with E-state index in [1.165, 1.54) is 24.1 Å². The van der Waals surface area contributed by atoms with Gasteiger partial charge in [-0.2, -0.15) is 0 Å². The van der Waals surface area contributed by atoms with Crippen LogP contribution in [-0.2, 0) is 0 Å². The van der Waals surface area contributed by atoms with Crippen molar-refractivity contribution in [3.8, 4) is 0 Å². The van der Waals surface area contributed by atoms with E-state index in [1.54, 1.807) is 19.3 Å². The summed E-state index contributed by atoms with van der Waals surface area (Å²) < 4.78 is 0. The molecule has 4 fully saturated rings. The second-order valence-electron chi connectivity index (χ2n) is 7.91. The lowest BCUT2D eigenvalue weighted by Crippen LogP contribution is -2.55. The Hall–Kier alpha value is -0.340. The van der Waals surface area contributed by atoms with Gasteiger partial charge < -0.3 is 5.32 Å². The summed E-state index contributed by atoms with van der Waals surface area (Å²) in [5.41, 5.74) is 0.625. The van der Waals surface area contributed by atoms with Gasteiger partial charge in [0, 0.05) is 17.0 Å². The lowest BCUT2D eigenvalue weighted by molar-refractivity contribution is -0.0718. The van der Waals surface area contributed by atoms with Crippen LogP contribution in [0.5, 0.6) is 0 Å². The highest BCUT2D eigenvalue weighted by atomic mass is 32.1. The molecule has 2 atom stereocenters. The topological polar surface area (TPSA) is 12.0 Å². The molecule has 0 saturated heterocycles. The first kappa shape index (κ1) is 13.3. The Morgan fingerprint density at radius 1 is 1.10 bits per heavy atom. The van der Waals surface area contributed by atoms with Gasteiger partial charge >= 0.3 is 0 Å². The summed E-state index contributed by atoms with van der Waals surface area (Å²) in [6, 6.07) is 5.63. The van der Waals surface area contributed by atoms with Gasteiger partial charge in [-0.25, -0.2) is 0 Å². The molecule has 0 radical (unpaired) electrons. The first-order valence-corrected chi connectivity index (χ1v) is 9.32. The van der Waals surface area contributed by atoms with Crippen molar-refractivity contribution in [3.63, 3.8) is 0 Å². The Kier molecular flexibility index (Phi) is 3.23. The van der Waals surface area contributed by atoms with Crippen molar-refractivity contribution in [1.82, 2.24) is 5.32 Å². The molecular weight excluding hydrogens is 262 g/mol. The van der Waals surface area contributed by atoms with Gasteiger partial charge in [-0.15, -0.1) is 11.3 Å². The highest BCUT2D eigenvalue weighted by Crippen LogP contribution is 2.61. The average Bonchev–Trinajstić information content (AvgIpc) is 2.90. The molecule has 4 aliphatic carbocycles. The molecular formula is C18H27NS. The van der Waals surface area contributed by atoms with Crippen LogP contribution in [-0.4, -0.2) is 6.04 Å².